The smallest absolute Gasteiger partial charge is 0.0246 e. The molecule has 1 heteroatoms. The van der Waals surface area contributed by atoms with E-state index in [1.54, 1.807) is 11.1 Å². The lowest BCUT2D eigenvalue weighted by atomic mass is 9.92. The fourth-order valence-electron chi connectivity index (χ4n) is 3.81. The molecule has 0 radical (unpaired) electrons. The molecule has 1 aromatic carbocycles. The lowest BCUT2D eigenvalue weighted by Gasteiger charge is -2.14. The molecule has 94 valence electrons. The number of aryl methyl sites for hydroxylation is 1. The first kappa shape index (κ1) is 11.8. The number of rotatable bonds is 3. The van der Waals surface area contributed by atoms with Gasteiger partial charge in [0.1, 0.15) is 0 Å². The van der Waals surface area contributed by atoms with E-state index < -0.39 is 0 Å². The Bertz CT molecular complexity index is 494. The van der Waals surface area contributed by atoms with Crippen LogP contribution in [0.2, 0.25) is 0 Å². The Hall–Kier alpha value is -1.26. The van der Waals surface area contributed by atoms with Crippen LogP contribution in [0.1, 0.15) is 36.8 Å². The summed E-state index contributed by atoms with van der Waals surface area (Å²) in [5.74, 6) is 8.77. The summed E-state index contributed by atoms with van der Waals surface area (Å²) in [7, 11) is 2.08. The average Bonchev–Trinajstić information content (AvgIpc) is 3.15. The van der Waals surface area contributed by atoms with Crippen molar-refractivity contribution in [1.29, 1.82) is 0 Å². The van der Waals surface area contributed by atoms with Gasteiger partial charge in [0, 0.05) is 12.5 Å². The molecular formula is C17H21N. The maximum absolute atomic E-state index is 3.48. The molecule has 0 aromatic heterocycles. The minimum atomic E-state index is 0.568. The maximum Gasteiger partial charge on any atom is 0.0246 e. The van der Waals surface area contributed by atoms with Crippen molar-refractivity contribution in [2.75, 3.05) is 7.05 Å². The summed E-state index contributed by atoms with van der Waals surface area (Å²) in [5, 5.41) is 3.48. The first-order chi connectivity index (χ1) is 8.86. The second kappa shape index (κ2) is 4.78. The van der Waals surface area contributed by atoms with E-state index in [4.69, 9.17) is 0 Å². The number of hydrogen-bond acceptors (Lipinski definition) is 1. The van der Waals surface area contributed by atoms with Gasteiger partial charge < -0.3 is 5.32 Å². The second-order valence-corrected chi connectivity index (χ2v) is 5.53. The highest BCUT2D eigenvalue weighted by molar-refractivity contribution is 5.40. The predicted octanol–water partition coefficient (Wildman–Crippen LogP) is 2.96. The number of fused-ring (bicyclic) bond motifs is 3. The van der Waals surface area contributed by atoms with Gasteiger partial charge >= 0.3 is 0 Å². The molecule has 1 fully saturated rings. The van der Waals surface area contributed by atoms with Gasteiger partial charge in [0.15, 0.2) is 0 Å². The highest BCUT2D eigenvalue weighted by atomic mass is 14.9. The summed E-state index contributed by atoms with van der Waals surface area (Å²) >= 11 is 0. The van der Waals surface area contributed by atoms with Gasteiger partial charge in [-0.1, -0.05) is 24.3 Å². The van der Waals surface area contributed by atoms with E-state index in [9.17, 15) is 0 Å². The summed E-state index contributed by atoms with van der Waals surface area (Å²) in [6, 6.07) is 9.58. The zero-order valence-corrected chi connectivity index (χ0v) is 11.2. The zero-order valence-electron chi connectivity index (χ0n) is 11.2. The normalized spacial score (nSPS) is 29.6. The molecule has 0 amide bonds. The van der Waals surface area contributed by atoms with Gasteiger partial charge in [-0.2, -0.15) is 0 Å². The summed E-state index contributed by atoms with van der Waals surface area (Å²) in [4.78, 5) is 0. The van der Waals surface area contributed by atoms with E-state index in [0.29, 0.717) is 6.04 Å². The van der Waals surface area contributed by atoms with E-state index in [-0.39, 0.29) is 0 Å². The largest absolute Gasteiger partial charge is 0.316 e. The van der Waals surface area contributed by atoms with Crippen molar-refractivity contribution in [3.05, 3.63) is 35.4 Å². The highest BCUT2D eigenvalue weighted by Crippen LogP contribution is 2.61. The molecule has 0 spiro atoms. The molecule has 1 nitrogen and oxygen atoms in total. The van der Waals surface area contributed by atoms with Crippen LogP contribution >= 0.6 is 0 Å². The molecule has 0 bridgehead atoms. The number of benzene rings is 1. The third-order valence-corrected chi connectivity index (χ3v) is 4.72. The summed E-state index contributed by atoms with van der Waals surface area (Å²) < 4.78 is 0. The average molecular weight is 239 g/mol. The topological polar surface area (TPSA) is 12.0 Å². The SMILES string of the molecule is CC#CCC(NC)C1C2CCc3ccccc3C21. The Morgan fingerprint density at radius 1 is 1.39 bits per heavy atom. The van der Waals surface area contributed by atoms with Gasteiger partial charge in [-0.25, -0.2) is 0 Å². The Labute approximate surface area is 110 Å². The van der Waals surface area contributed by atoms with E-state index in [0.717, 1.165) is 24.2 Å². The summed E-state index contributed by atoms with van der Waals surface area (Å²) in [6.07, 6.45) is 3.63. The molecular weight excluding hydrogens is 218 g/mol. The summed E-state index contributed by atoms with van der Waals surface area (Å²) in [5.41, 5.74) is 3.20. The number of nitrogens with one attached hydrogen (secondary N) is 1. The molecule has 0 heterocycles. The van der Waals surface area contributed by atoms with Crippen molar-refractivity contribution in [3.8, 4) is 11.8 Å². The Kier molecular flexibility index (Phi) is 3.14. The van der Waals surface area contributed by atoms with Crippen molar-refractivity contribution in [1.82, 2.24) is 5.32 Å². The van der Waals surface area contributed by atoms with Crippen LogP contribution < -0.4 is 5.32 Å². The number of hydrogen-bond donors (Lipinski definition) is 1. The summed E-state index contributed by atoms with van der Waals surface area (Å²) in [6.45, 7) is 1.93. The van der Waals surface area contributed by atoms with Crippen LogP contribution in [0.15, 0.2) is 24.3 Å². The molecule has 0 aliphatic heterocycles. The van der Waals surface area contributed by atoms with Crippen LogP contribution in [-0.4, -0.2) is 13.1 Å². The molecule has 3 rings (SSSR count). The lowest BCUT2D eigenvalue weighted by molar-refractivity contribution is 0.474. The molecule has 4 atom stereocenters. The fourth-order valence-corrected chi connectivity index (χ4v) is 3.81. The minimum absolute atomic E-state index is 0.568. The Morgan fingerprint density at radius 3 is 3.00 bits per heavy atom. The van der Waals surface area contributed by atoms with Crippen molar-refractivity contribution >= 4 is 0 Å². The van der Waals surface area contributed by atoms with Crippen LogP contribution in [0.4, 0.5) is 0 Å². The van der Waals surface area contributed by atoms with E-state index in [1.807, 2.05) is 6.92 Å². The van der Waals surface area contributed by atoms with E-state index >= 15 is 0 Å². The molecule has 4 unspecified atom stereocenters. The molecule has 1 aromatic rings. The van der Waals surface area contributed by atoms with Gasteiger partial charge in [-0.15, -0.1) is 11.8 Å². The third kappa shape index (κ3) is 1.85. The minimum Gasteiger partial charge on any atom is -0.316 e. The zero-order chi connectivity index (χ0) is 12.5. The Morgan fingerprint density at radius 2 is 2.22 bits per heavy atom. The molecule has 1 N–H and O–H groups in total. The quantitative estimate of drug-likeness (QED) is 0.800. The van der Waals surface area contributed by atoms with Crippen molar-refractivity contribution in [3.63, 3.8) is 0 Å². The van der Waals surface area contributed by atoms with Gasteiger partial charge in [0.2, 0.25) is 0 Å². The second-order valence-electron chi connectivity index (χ2n) is 5.53. The van der Waals surface area contributed by atoms with Crippen molar-refractivity contribution in [2.45, 2.75) is 38.1 Å². The van der Waals surface area contributed by atoms with Gasteiger partial charge in [-0.3, -0.25) is 0 Å². The maximum atomic E-state index is 3.48. The third-order valence-electron chi connectivity index (χ3n) is 4.72. The van der Waals surface area contributed by atoms with Crippen LogP contribution in [0.3, 0.4) is 0 Å². The van der Waals surface area contributed by atoms with Crippen molar-refractivity contribution < 1.29 is 0 Å². The predicted molar refractivity (Wildman–Crippen MR) is 75.4 cm³/mol. The van der Waals surface area contributed by atoms with Gasteiger partial charge in [0.25, 0.3) is 0 Å². The van der Waals surface area contributed by atoms with Crippen LogP contribution in [0.5, 0.6) is 0 Å². The molecule has 0 saturated heterocycles. The van der Waals surface area contributed by atoms with Crippen LogP contribution in [0, 0.1) is 23.7 Å². The van der Waals surface area contributed by atoms with Gasteiger partial charge in [-0.05, 0) is 55.7 Å². The first-order valence-electron chi connectivity index (χ1n) is 7.01. The van der Waals surface area contributed by atoms with E-state index in [2.05, 4.69) is 48.5 Å². The van der Waals surface area contributed by atoms with Crippen LogP contribution in [-0.2, 0) is 6.42 Å². The van der Waals surface area contributed by atoms with Crippen LogP contribution in [0.25, 0.3) is 0 Å². The van der Waals surface area contributed by atoms with E-state index in [1.165, 1.54) is 12.8 Å². The highest BCUT2D eigenvalue weighted by Gasteiger charge is 2.55. The first-order valence-corrected chi connectivity index (χ1v) is 7.01. The molecule has 2 aliphatic carbocycles. The monoisotopic (exact) mass is 239 g/mol. The van der Waals surface area contributed by atoms with Crippen molar-refractivity contribution in [2.24, 2.45) is 11.8 Å². The molecule has 18 heavy (non-hydrogen) atoms. The standard InChI is InChI=1S/C17H21N/c1-3-4-9-15(18-2)17-14-11-10-12-7-5-6-8-13(12)16(14)17/h5-8,14-18H,9-11H2,1-2H3. The fraction of sp³-hybridized carbons (Fsp3) is 0.529. The van der Waals surface area contributed by atoms with Gasteiger partial charge in [0.05, 0.1) is 0 Å². The Balaban J connectivity index is 1.80. The molecule has 1 saturated carbocycles. The molecule has 2 aliphatic rings. The lowest BCUT2D eigenvalue weighted by Crippen LogP contribution is -2.28.